The van der Waals surface area contributed by atoms with Gasteiger partial charge in [0.15, 0.2) is 0 Å². The van der Waals surface area contributed by atoms with Crippen molar-refractivity contribution in [2.24, 2.45) is 0 Å². The maximum absolute atomic E-state index is 12.6. The molecule has 5 aromatic rings. The number of carboxylic acids is 2. The fourth-order valence-electron chi connectivity index (χ4n) is 6.13. The fraction of sp³-hybridized carbons (Fsp3) is 0.0435. The summed E-state index contributed by atoms with van der Waals surface area (Å²) in [5.74, 6) is -3.03. The molecule has 0 aliphatic carbocycles. The highest BCUT2D eigenvalue weighted by Crippen LogP contribution is 2.36. The Bertz CT molecular complexity index is 2410. The van der Waals surface area contributed by atoms with Crippen molar-refractivity contribution in [3.63, 3.8) is 0 Å². The van der Waals surface area contributed by atoms with Crippen molar-refractivity contribution < 1.29 is 29.4 Å². The normalized spacial score (nSPS) is 15.7. The standard InChI is InChI=1S/C46H33N3O6S4/c50-41(51)28-47-43(54)39(58-45(47)56)26-34-14-10-30(11-15-34)6-8-32-18-22-37(23-19-32)49(36-4-2-1-3-5-36)38-24-20-33(21-25-38)9-7-31-12-16-35(17-13-31)27-40-44(55)48(29-42(52)53)46(57)59-40/h1-27H,28-29H2,(H,50,51)(H,52,53)/b8-6+,9-7+,39-26-,40-27+. The van der Waals surface area contributed by atoms with Gasteiger partial charge in [0.2, 0.25) is 0 Å². The number of nitrogens with zero attached hydrogens (tertiary/aromatic N) is 3. The van der Waals surface area contributed by atoms with E-state index in [2.05, 4.69) is 65.6 Å². The minimum Gasteiger partial charge on any atom is -0.480 e. The first-order chi connectivity index (χ1) is 28.5. The van der Waals surface area contributed by atoms with Crippen LogP contribution in [-0.2, 0) is 19.2 Å². The van der Waals surface area contributed by atoms with E-state index >= 15 is 0 Å². The van der Waals surface area contributed by atoms with Crippen LogP contribution in [0.25, 0.3) is 36.5 Å². The predicted octanol–water partition coefficient (Wildman–Crippen LogP) is 10.1. The molecule has 2 fully saturated rings. The van der Waals surface area contributed by atoms with Gasteiger partial charge in [-0.25, -0.2) is 0 Å². The Morgan fingerprint density at radius 3 is 1.14 bits per heavy atom. The van der Waals surface area contributed by atoms with E-state index in [1.54, 1.807) is 12.2 Å². The zero-order valence-electron chi connectivity index (χ0n) is 31.0. The molecule has 292 valence electrons. The molecule has 0 spiro atoms. The fourth-order valence-corrected chi connectivity index (χ4v) is 8.64. The van der Waals surface area contributed by atoms with E-state index in [9.17, 15) is 19.2 Å². The van der Waals surface area contributed by atoms with E-state index in [-0.39, 0.29) is 8.64 Å². The number of benzene rings is 5. The first kappa shape index (κ1) is 40.8. The maximum Gasteiger partial charge on any atom is 0.323 e. The number of thioether (sulfide) groups is 2. The monoisotopic (exact) mass is 851 g/mol. The van der Waals surface area contributed by atoms with Gasteiger partial charge in [-0.15, -0.1) is 0 Å². The van der Waals surface area contributed by atoms with Gasteiger partial charge < -0.3 is 15.1 Å². The van der Waals surface area contributed by atoms with Crippen LogP contribution in [0.4, 0.5) is 17.1 Å². The number of hydrogen-bond acceptors (Lipinski definition) is 9. The van der Waals surface area contributed by atoms with E-state index in [0.717, 1.165) is 83.8 Å². The third kappa shape index (κ3) is 10.2. The zero-order valence-corrected chi connectivity index (χ0v) is 34.3. The van der Waals surface area contributed by atoms with E-state index < -0.39 is 36.8 Å². The van der Waals surface area contributed by atoms with Gasteiger partial charge in [-0.1, -0.05) is 163 Å². The van der Waals surface area contributed by atoms with E-state index in [0.29, 0.717) is 9.81 Å². The van der Waals surface area contributed by atoms with Crippen molar-refractivity contribution in [1.82, 2.24) is 9.80 Å². The second-order valence-corrected chi connectivity index (χ2v) is 16.5. The summed E-state index contributed by atoms with van der Waals surface area (Å²) in [7, 11) is 0. The number of amides is 2. The minimum atomic E-state index is -1.11. The summed E-state index contributed by atoms with van der Waals surface area (Å²) in [5.41, 5.74) is 8.65. The van der Waals surface area contributed by atoms with Gasteiger partial charge in [-0.05, 0) is 81.9 Å². The molecule has 59 heavy (non-hydrogen) atoms. The topological polar surface area (TPSA) is 118 Å². The number of rotatable bonds is 13. The van der Waals surface area contributed by atoms with Gasteiger partial charge in [0.25, 0.3) is 11.8 Å². The highest BCUT2D eigenvalue weighted by Gasteiger charge is 2.34. The number of anilines is 3. The summed E-state index contributed by atoms with van der Waals surface area (Å²) in [6, 6.07) is 42.2. The molecule has 2 aliphatic heterocycles. The second-order valence-electron chi connectivity index (χ2n) is 13.2. The van der Waals surface area contributed by atoms with E-state index in [1.807, 2.05) is 91.0 Å². The highest BCUT2D eigenvalue weighted by atomic mass is 32.2. The van der Waals surface area contributed by atoms with Gasteiger partial charge in [-0.3, -0.25) is 29.0 Å². The van der Waals surface area contributed by atoms with Crippen LogP contribution in [0.2, 0.25) is 0 Å². The Labute approximate surface area is 359 Å². The summed E-state index contributed by atoms with van der Waals surface area (Å²) in [4.78, 5) is 52.6. The number of thiocarbonyl (C=S) groups is 2. The molecule has 13 heteroatoms. The zero-order chi connectivity index (χ0) is 41.5. The third-order valence-corrected chi connectivity index (χ3v) is 11.8. The molecule has 0 aromatic heterocycles. The lowest BCUT2D eigenvalue weighted by molar-refractivity contribution is -0.140. The van der Waals surface area contributed by atoms with Crippen molar-refractivity contribution in [2.75, 3.05) is 18.0 Å². The number of hydrogen-bond donors (Lipinski definition) is 2. The molecular formula is C46H33N3O6S4. The lowest BCUT2D eigenvalue weighted by Gasteiger charge is -2.25. The average Bonchev–Trinajstić information content (AvgIpc) is 3.64. The number of carboxylic acid groups (broad SMARTS) is 2. The molecule has 9 nitrogen and oxygen atoms in total. The molecule has 0 saturated carbocycles. The number of aliphatic carboxylic acids is 2. The van der Waals surface area contributed by atoms with Crippen LogP contribution in [0.1, 0.15) is 33.4 Å². The Hall–Kier alpha value is -6.38. The molecule has 2 amide bonds. The second kappa shape index (κ2) is 18.5. The maximum atomic E-state index is 12.6. The smallest absolute Gasteiger partial charge is 0.323 e. The van der Waals surface area contributed by atoms with E-state index in [4.69, 9.17) is 34.6 Å². The quantitative estimate of drug-likeness (QED) is 0.0670. The van der Waals surface area contributed by atoms with Crippen LogP contribution >= 0.6 is 48.0 Å². The van der Waals surface area contributed by atoms with Crippen molar-refractivity contribution >= 4 is 134 Å². The van der Waals surface area contributed by atoms with Gasteiger partial charge in [0, 0.05) is 17.1 Å². The Morgan fingerprint density at radius 2 is 0.797 bits per heavy atom. The first-order valence-corrected chi connectivity index (χ1v) is 20.5. The van der Waals surface area contributed by atoms with Crippen LogP contribution in [0.15, 0.2) is 137 Å². The molecule has 0 atom stereocenters. The lowest BCUT2D eigenvalue weighted by atomic mass is 10.1. The molecule has 2 heterocycles. The summed E-state index contributed by atoms with van der Waals surface area (Å²) in [6.07, 6.45) is 11.6. The lowest BCUT2D eigenvalue weighted by Crippen LogP contribution is -2.33. The summed E-state index contributed by atoms with van der Waals surface area (Å²) in [6.45, 7) is -0.905. The Balaban J connectivity index is 1.00. The van der Waals surface area contributed by atoms with Crippen LogP contribution in [0.5, 0.6) is 0 Å². The van der Waals surface area contributed by atoms with Crippen molar-refractivity contribution in [2.45, 2.75) is 0 Å². The predicted molar refractivity (Wildman–Crippen MR) is 247 cm³/mol. The SMILES string of the molecule is O=C(O)CN1C(=O)/C(=C/c2ccc(/C=C/c3ccc(N(c4ccccc4)c4ccc(/C=C/c5ccc(/C=C6/SC(=S)N(CC(=O)O)C6=O)cc5)cc4)cc3)cc2)SC1=S. The van der Waals surface area contributed by atoms with Gasteiger partial charge in [0.1, 0.15) is 21.7 Å². The molecule has 2 N–H and O–H groups in total. The van der Waals surface area contributed by atoms with Crippen molar-refractivity contribution in [1.29, 1.82) is 0 Å². The number of carbonyl (C=O) groups is 4. The molecule has 2 aliphatic rings. The largest absolute Gasteiger partial charge is 0.480 e. The number of carbonyl (C=O) groups excluding carboxylic acids is 2. The molecule has 7 rings (SSSR count). The first-order valence-electron chi connectivity index (χ1n) is 18.1. The minimum absolute atomic E-state index is 0.237. The molecule has 0 unspecified atom stereocenters. The van der Waals surface area contributed by atoms with Gasteiger partial charge in [-0.2, -0.15) is 0 Å². The van der Waals surface area contributed by atoms with Crippen LogP contribution in [0.3, 0.4) is 0 Å². The van der Waals surface area contributed by atoms with E-state index in [1.165, 1.54) is 0 Å². The van der Waals surface area contributed by atoms with Crippen LogP contribution in [-0.4, -0.2) is 65.5 Å². The highest BCUT2D eigenvalue weighted by molar-refractivity contribution is 8.27. The Kier molecular flexibility index (Phi) is 12.8. The van der Waals surface area contributed by atoms with Crippen molar-refractivity contribution in [3.05, 3.63) is 171 Å². The summed E-state index contributed by atoms with van der Waals surface area (Å²) >= 11 is 12.6. The molecule has 0 bridgehead atoms. The summed E-state index contributed by atoms with van der Waals surface area (Å²) < 4.78 is 0.474. The average molecular weight is 852 g/mol. The van der Waals surface area contributed by atoms with Gasteiger partial charge >= 0.3 is 11.9 Å². The van der Waals surface area contributed by atoms with Crippen molar-refractivity contribution in [3.8, 4) is 0 Å². The molecular weight excluding hydrogens is 819 g/mol. The van der Waals surface area contributed by atoms with Crippen LogP contribution < -0.4 is 4.90 Å². The molecule has 0 radical (unpaired) electrons. The Morgan fingerprint density at radius 1 is 0.492 bits per heavy atom. The molecule has 2 saturated heterocycles. The third-order valence-electron chi connectivity index (χ3n) is 9.06. The van der Waals surface area contributed by atoms with Gasteiger partial charge in [0.05, 0.1) is 9.81 Å². The van der Waals surface area contributed by atoms with Crippen LogP contribution in [0, 0.1) is 0 Å². The summed E-state index contributed by atoms with van der Waals surface area (Å²) in [5, 5.41) is 18.2. The number of para-hydroxylation sites is 1. The molecule has 5 aromatic carbocycles.